The third-order valence-electron chi connectivity index (χ3n) is 2.16. The van der Waals surface area contributed by atoms with E-state index in [-0.39, 0.29) is 5.02 Å². The Hall–Kier alpha value is -1.39. The van der Waals surface area contributed by atoms with E-state index in [0.717, 1.165) is 0 Å². The van der Waals surface area contributed by atoms with E-state index < -0.39 is 23.6 Å². The van der Waals surface area contributed by atoms with Crippen LogP contribution in [0.25, 0.3) is 0 Å². The average molecular weight is 261 g/mol. The minimum absolute atomic E-state index is 0.273. The third kappa shape index (κ3) is 1.70. The van der Waals surface area contributed by atoms with Crippen LogP contribution in [0.4, 0.5) is 0 Å². The van der Waals surface area contributed by atoms with Gasteiger partial charge in [0.15, 0.2) is 11.9 Å². The quantitative estimate of drug-likeness (QED) is 0.762. The zero-order chi connectivity index (χ0) is 11.9. The van der Waals surface area contributed by atoms with Crippen LogP contribution >= 0.6 is 23.2 Å². The minimum Gasteiger partial charge on any atom is -0.505 e. The van der Waals surface area contributed by atoms with Crippen LogP contribution in [0.2, 0.25) is 10.0 Å². The summed E-state index contributed by atoms with van der Waals surface area (Å²) < 4.78 is 4.75. The molecule has 1 aromatic carbocycles. The molecule has 0 spiro atoms. The molecule has 0 aromatic heterocycles. The molecule has 1 aromatic rings. The Kier molecular flexibility index (Phi) is 2.69. The first-order valence-electron chi connectivity index (χ1n) is 4.28. The number of cyclic esters (lactones) is 1. The van der Waals surface area contributed by atoms with Gasteiger partial charge in [0.1, 0.15) is 0 Å². The van der Waals surface area contributed by atoms with Crippen molar-refractivity contribution in [2.45, 2.75) is 6.10 Å². The lowest BCUT2D eigenvalue weighted by Crippen LogP contribution is -2.03. The highest BCUT2D eigenvalue weighted by Crippen LogP contribution is 2.35. The summed E-state index contributed by atoms with van der Waals surface area (Å²) in [6.45, 7) is 0. The maximum absolute atomic E-state index is 11.0. The molecule has 1 atom stereocenters. The van der Waals surface area contributed by atoms with Crippen molar-refractivity contribution in [1.82, 2.24) is 0 Å². The van der Waals surface area contributed by atoms with Crippen LogP contribution in [0.15, 0.2) is 29.7 Å². The molecule has 0 amide bonds. The Morgan fingerprint density at radius 1 is 1.19 bits per heavy atom. The standard InChI is InChI=1S/C10H6Cl2O4/c11-5-2-1-4(3-6(5)12)9-7(13)8(14)10(15)16-9/h1-3,9,13-14H. The van der Waals surface area contributed by atoms with Gasteiger partial charge in [-0.1, -0.05) is 29.3 Å². The number of carbonyl (C=O) groups excluding carboxylic acids is 1. The maximum atomic E-state index is 11.0. The van der Waals surface area contributed by atoms with Gasteiger partial charge in [-0.2, -0.15) is 0 Å². The second kappa shape index (κ2) is 3.88. The first-order chi connectivity index (χ1) is 7.50. The molecule has 0 bridgehead atoms. The Labute approximate surface area is 101 Å². The van der Waals surface area contributed by atoms with Gasteiger partial charge in [0, 0.05) is 5.56 Å². The Bertz CT molecular complexity index is 496. The highest BCUT2D eigenvalue weighted by atomic mass is 35.5. The molecule has 84 valence electrons. The molecular weight excluding hydrogens is 255 g/mol. The first-order valence-corrected chi connectivity index (χ1v) is 5.04. The minimum atomic E-state index is -1.03. The van der Waals surface area contributed by atoms with Gasteiger partial charge in [-0.25, -0.2) is 4.79 Å². The molecule has 6 heteroatoms. The van der Waals surface area contributed by atoms with Gasteiger partial charge >= 0.3 is 5.97 Å². The summed E-state index contributed by atoms with van der Waals surface area (Å²) in [4.78, 5) is 11.0. The van der Waals surface area contributed by atoms with Crippen LogP contribution in [0.5, 0.6) is 0 Å². The van der Waals surface area contributed by atoms with E-state index in [1.54, 1.807) is 6.07 Å². The van der Waals surface area contributed by atoms with Crippen molar-refractivity contribution < 1.29 is 19.7 Å². The van der Waals surface area contributed by atoms with Crippen molar-refractivity contribution in [3.05, 3.63) is 45.3 Å². The molecule has 0 saturated carbocycles. The Balaban J connectivity index is 2.40. The summed E-state index contributed by atoms with van der Waals surface area (Å²) in [6, 6.07) is 4.51. The van der Waals surface area contributed by atoms with Gasteiger partial charge < -0.3 is 14.9 Å². The van der Waals surface area contributed by atoms with E-state index in [1.807, 2.05) is 0 Å². The number of rotatable bonds is 1. The zero-order valence-corrected chi connectivity index (χ0v) is 9.29. The molecular formula is C10H6Cl2O4. The van der Waals surface area contributed by atoms with Gasteiger partial charge in [0.2, 0.25) is 5.76 Å². The average Bonchev–Trinajstić information content (AvgIpc) is 2.50. The van der Waals surface area contributed by atoms with Crippen LogP contribution in [0.3, 0.4) is 0 Å². The van der Waals surface area contributed by atoms with E-state index in [4.69, 9.17) is 33.0 Å². The van der Waals surface area contributed by atoms with Gasteiger partial charge in [-0.15, -0.1) is 0 Å². The third-order valence-corrected chi connectivity index (χ3v) is 2.89. The summed E-state index contributed by atoms with van der Waals surface area (Å²) in [5.74, 6) is -2.27. The predicted octanol–water partition coefficient (Wildman–Crippen LogP) is 2.92. The van der Waals surface area contributed by atoms with E-state index in [9.17, 15) is 9.90 Å². The monoisotopic (exact) mass is 260 g/mol. The zero-order valence-electron chi connectivity index (χ0n) is 7.78. The number of hydrogen-bond acceptors (Lipinski definition) is 4. The molecule has 16 heavy (non-hydrogen) atoms. The fourth-order valence-electron chi connectivity index (χ4n) is 1.35. The summed E-state index contributed by atoms with van der Waals surface area (Å²) in [5.41, 5.74) is 0.435. The van der Waals surface area contributed by atoms with Crippen molar-refractivity contribution in [1.29, 1.82) is 0 Å². The number of halogens is 2. The van der Waals surface area contributed by atoms with Gasteiger partial charge in [-0.05, 0) is 12.1 Å². The first kappa shape index (κ1) is 11.1. The molecule has 1 aliphatic rings. The summed E-state index contributed by atoms with van der Waals surface area (Å²) >= 11 is 11.5. The molecule has 0 fully saturated rings. The fraction of sp³-hybridized carbons (Fsp3) is 0.100. The highest BCUT2D eigenvalue weighted by molar-refractivity contribution is 6.42. The van der Waals surface area contributed by atoms with Crippen molar-refractivity contribution in [2.75, 3.05) is 0 Å². The Morgan fingerprint density at radius 3 is 2.38 bits per heavy atom. The molecule has 2 rings (SSSR count). The predicted molar refractivity (Wildman–Crippen MR) is 57.6 cm³/mol. The second-order valence-electron chi connectivity index (χ2n) is 3.19. The van der Waals surface area contributed by atoms with E-state index in [2.05, 4.69) is 0 Å². The number of esters is 1. The Morgan fingerprint density at radius 2 is 1.88 bits per heavy atom. The van der Waals surface area contributed by atoms with Crippen LogP contribution in [-0.2, 0) is 9.53 Å². The van der Waals surface area contributed by atoms with Crippen LogP contribution in [0, 0.1) is 0 Å². The molecule has 1 unspecified atom stereocenters. The van der Waals surface area contributed by atoms with Crippen molar-refractivity contribution in [3.8, 4) is 0 Å². The molecule has 0 aliphatic carbocycles. The lowest BCUT2D eigenvalue weighted by atomic mass is 10.1. The van der Waals surface area contributed by atoms with Crippen LogP contribution < -0.4 is 0 Å². The van der Waals surface area contributed by atoms with E-state index in [0.29, 0.717) is 10.6 Å². The van der Waals surface area contributed by atoms with Crippen LogP contribution in [-0.4, -0.2) is 16.2 Å². The van der Waals surface area contributed by atoms with Gasteiger partial charge in [0.05, 0.1) is 10.0 Å². The number of hydrogen-bond donors (Lipinski definition) is 2. The molecule has 1 heterocycles. The van der Waals surface area contributed by atoms with Crippen LogP contribution in [0.1, 0.15) is 11.7 Å². The van der Waals surface area contributed by atoms with Crippen molar-refractivity contribution in [3.63, 3.8) is 0 Å². The number of ether oxygens (including phenoxy) is 1. The maximum Gasteiger partial charge on any atom is 0.378 e. The topological polar surface area (TPSA) is 66.8 Å². The van der Waals surface area contributed by atoms with Crippen molar-refractivity contribution >= 4 is 29.2 Å². The normalized spacial score (nSPS) is 20.1. The summed E-state index contributed by atoms with van der Waals surface area (Å²) in [5, 5.41) is 19.2. The summed E-state index contributed by atoms with van der Waals surface area (Å²) in [7, 11) is 0. The smallest absolute Gasteiger partial charge is 0.378 e. The van der Waals surface area contributed by atoms with Gasteiger partial charge in [-0.3, -0.25) is 0 Å². The molecule has 1 aliphatic heterocycles. The van der Waals surface area contributed by atoms with Gasteiger partial charge in [0.25, 0.3) is 0 Å². The van der Waals surface area contributed by atoms with E-state index in [1.165, 1.54) is 12.1 Å². The largest absolute Gasteiger partial charge is 0.505 e. The van der Waals surface area contributed by atoms with E-state index >= 15 is 0 Å². The fourth-order valence-corrected chi connectivity index (χ4v) is 1.66. The number of carbonyl (C=O) groups is 1. The number of benzene rings is 1. The lowest BCUT2D eigenvalue weighted by molar-refractivity contribution is -0.142. The number of aliphatic hydroxyl groups excluding tert-OH is 2. The number of aliphatic hydroxyl groups is 2. The second-order valence-corrected chi connectivity index (χ2v) is 4.01. The van der Waals surface area contributed by atoms with Crippen molar-refractivity contribution in [2.24, 2.45) is 0 Å². The summed E-state index contributed by atoms with van der Waals surface area (Å²) in [6.07, 6.45) is -1.03. The molecule has 4 nitrogen and oxygen atoms in total. The molecule has 0 saturated heterocycles. The highest BCUT2D eigenvalue weighted by Gasteiger charge is 2.35. The molecule has 0 radical (unpaired) electrons. The SMILES string of the molecule is O=C1OC(c2ccc(Cl)c(Cl)c2)C(O)=C1O. The lowest BCUT2D eigenvalue weighted by Gasteiger charge is -2.10. The molecule has 2 N–H and O–H groups in total.